The van der Waals surface area contributed by atoms with Crippen LogP contribution < -0.4 is 5.73 Å². The molecule has 1 aromatic carbocycles. The minimum atomic E-state index is 0.815. The summed E-state index contributed by atoms with van der Waals surface area (Å²) >= 11 is 0. The molecule has 0 amide bonds. The molecule has 0 spiro atoms. The standard InChI is InChI=1S/C17H28N2/c1-14(2)10-12-19(17-8-9-17)11-4-6-15-5-3-7-16(18)13-15/h3,5,7,13-14,17H,4,6,8-12,18H2,1-2H3. The molecule has 0 heterocycles. The zero-order chi connectivity index (χ0) is 13.7. The quantitative estimate of drug-likeness (QED) is 0.722. The van der Waals surface area contributed by atoms with E-state index in [2.05, 4.69) is 36.9 Å². The van der Waals surface area contributed by atoms with E-state index in [1.807, 2.05) is 6.07 Å². The van der Waals surface area contributed by atoms with Crippen molar-refractivity contribution in [2.45, 2.75) is 52.0 Å². The number of nitrogens with two attached hydrogens (primary N) is 1. The molecule has 19 heavy (non-hydrogen) atoms. The topological polar surface area (TPSA) is 29.3 Å². The SMILES string of the molecule is CC(C)CCN(CCCc1cccc(N)c1)C1CC1. The Labute approximate surface area is 118 Å². The van der Waals surface area contributed by atoms with Gasteiger partial charge in [-0.1, -0.05) is 26.0 Å². The van der Waals surface area contributed by atoms with Crippen molar-refractivity contribution in [2.24, 2.45) is 5.92 Å². The third-order valence-corrected chi connectivity index (χ3v) is 3.92. The van der Waals surface area contributed by atoms with Crippen LogP contribution in [-0.4, -0.2) is 24.0 Å². The van der Waals surface area contributed by atoms with Gasteiger partial charge in [-0.3, -0.25) is 0 Å². The van der Waals surface area contributed by atoms with Crippen LogP contribution in [0.15, 0.2) is 24.3 Å². The maximum absolute atomic E-state index is 5.82. The van der Waals surface area contributed by atoms with Crippen molar-refractivity contribution in [1.82, 2.24) is 4.90 Å². The fourth-order valence-electron chi connectivity index (χ4n) is 2.58. The second-order valence-corrected chi connectivity index (χ2v) is 6.30. The molecule has 2 heteroatoms. The Morgan fingerprint density at radius 3 is 2.68 bits per heavy atom. The Morgan fingerprint density at radius 1 is 1.26 bits per heavy atom. The molecule has 0 saturated heterocycles. The van der Waals surface area contributed by atoms with Crippen LogP contribution in [0.25, 0.3) is 0 Å². The zero-order valence-corrected chi connectivity index (χ0v) is 12.4. The van der Waals surface area contributed by atoms with Gasteiger partial charge in [0.15, 0.2) is 0 Å². The lowest BCUT2D eigenvalue weighted by atomic mass is 10.1. The van der Waals surface area contributed by atoms with Gasteiger partial charge in [-0.15, -0.1) is 0 Å². The molecule has 0 radical (unpaired) electrons. The Balaban J connectivity index is 1.73. The first-order valence-electron chi connectivity index (χ1n) is 7.73. The number of nitrogens with zero attached hydrogens (tertiary/aromatic N) is 1. The molecule has 2 rings (SSSR count). The molecule has 106 valence electrons. The van der Waals surface area contributed by atoms with E-state index in [0.717, 1.165) is 24.1 Å². The molecule has 0 aromatic heterocycles. The maximum Gasteiger partial charge on any atom is 0.0316 e. The number of anilines is 1. The van der Waals surface area contributed by atoms with Gasteiger partial charge in [0.1, 0.15) is 0 Å². The van der Waals surface area contributed by atoms with Crippen LogP contribution in [0, 0.1) is 5.92 Å². The van der Waals surface area contributed by atoms with Gasteiger partial charge in [0, 0.05) is 11.7 Å². The lowest BCUT2D eigenvalue weighted by Crippen LogP contribution is -2.29. The third-order valence-electron chi connectivity index (χ3n) is 3.92. The number of hydrogen-bond donors (Lipinski definition) is 1. The summed E-state index contributed by atoms with van der Waals surface area (Å²) in [7, 11) is 0. The molecular weight excluding hydrogens is 232 g/mol. The summed E-state index contributed by atoms with van der Waals surface area (Å²) in [4.78, 5) is 2.70. The average Bonchev–Trinajstić information content (AvgIpc) is 3.17. The minimum Gasteiger partial charge on any atom is -0.399 e. The normalized spacial score (nSPS) is 15.4. The minimum absolute atomic E-state index is 0.815. The molecule has 2 nitrogen and oxygen atoms in total. The number of rotatable bonds is 8. The average molecular weight is 260 g/mol. The largest absolute Gasteiger partial charge is 0.399 e. The van der Waals surface area contributed by atoms with Gasteiger partial charge in [0.05, 0.1) is 0 Å². The van der Waals surface area contributed by atoms with Crippen LogP contribution in [0.2, 0.25) is 0 Å². The highest BCUT2D eigenvalue weighted by Crippen LogP contribution is 2.27. The molecule has 0 bridgehead atoms. The molecule has 0 unspecified atom stereocenters. The van der Waals surface area contributed by atoms with E-state index >= 15 is 0 Å². The van der Waals surface area contributed by atoms with E-state index in [1.54, 1.807) is 0 Å². The van der Waals surface area contributed by atoms with Crippen LogP contribution in [0.4, 0.5) is 5.69 Å². The third kappa shape index (κ3) is 5.23. The van der Waals surface area contributed by atoms with Crippen molar-refractivity contribution in [2.75, 3.05) is 18.8 Å². The van der Waals surface area contributed by atoms with E-state index in [4.69, 9.17) is 5.73 Å². The molecule has 1 aliphatic carbocycles. The lowest BCUT2D eigenvalue weighted by molar-refractivity contribution is 0.245. The molecule has 1 saturated carbocycles. The van der Waals surface area contributed by atoms with E-state index in [9.17, 15) is 0 Å². The first-order valence-corrected chi connectivity index (χ1v) is 7.73. The summed E-state index contributed by atoms with van der Waals surface area (Å²) in [5, 5.41) is 0. The summed E-state index contributed by atoms with van der Waals surface area (Å²) in [6, 6.07) is 9.20. The Morgan fingerprint density at radius 2 is 2.05 bits per heavy atom. The molecule has 0 atom stereocenters. The highest BCUT2D eigenvalue weighted by molar-refractivity contribution is 5.40. The highest BCUT2D eigenvalue weighted by Gasteiger charge is 2.28. The van der Waals surface area contributed by atoms with Gasteiger partial charge in [0.25, 0.3) is 0 Å². The molecule has 1 aromatic rings. The molecule has 0 aliphatic heterocycles. The van der Waals surface area contributed by atoms with Crippen molar-refractivity contribution >= 4 is 5.69 Å². The van der Waals surface area contributed by atoms with Crippen LogP contribution in [0.5, 0.6) is 0 Å². The smallest absolute Gasteiger partial charge is 0.0316 e. The Hall–Kier alpha value is -1.02. The van der Waals surface area contributed by atoms with E-state index in [0.29, 0.717) is 0 Å². The number of aryl methyl sites for hydroxylation is 1. The van der Waals surface area contributed by atoms with Crippen molar-refractivity contribution in [1.29, 1.82) is 0 Å². The van der Waals surface area contributed by atoms with E-state index in [1.165, 1.54) is 44.3 Å². The van der Waals surface area contributed by atoms with Crippen LogP contribution >= 0.6 is 0 Å². The Bertz CT molecular complexity index is 383. The van der Waals surface area contributed by atoms with Crippen molar-refractivity contribution in [3.8, 4) is 0 Å². The second kappa shape index (κ2) is 6.95. The number of nitrogen functional groups attached to an aromatic ring is 1. The van der Waals surface area contributed by atoms with Gasteiger partial charge in [-0.05, 0) is 68.8 Å². The number of benzene rings is 1. The predicted octanol–water partition coefficient (Wildman–Crippen LogP) is 3.71. The molecule has 1 fully saturated rings. The monoisotopic (exact) mass is 260 g/mol. The fourth-order valence-corrected chi connectivity index (χ4v) is 2.58. The van der Waals surface area contributed by atoms with Crippen molar-refractivity contribution < 1.29 is 0 Å². The van der Waals surface area contributed by atoms with Gasteiger partial charge >= 0.3 is 0 Å². The Kier molecular flexibility index (Phi) is 5.26. The first-order chi connectivity index (χ1) is 9.15. The van der Waals surface area contributed by atoms with E-state index < -0.39 is 0 Å². The van der Waals surface area contributed by atoms with Gasteiger partial charge < -0.3 is 10.6 Å². The van der Waals surface area contributed by atoms with Crippen LogP contribution in [0.3, 0.4) is 0 Å². The first kappa shape index (κ1) is 14.4. The molecule has 1 aliphatic rings. The molecule has 2 N–H and O–H groups in total. The number of hydrogen-bond acceptors (Lipinski definition) is 2. The maximum atomic E-state index is 5.82. The van der Waals surface area contributed by atoms with Crippen LogP contribution in [-0.2, 0) is 6.42 Å². The predicted molar refractivity (Wildman–Crippen MR) is 83.2 cm³/mol. The highest BCUT2D eigenvalue weighted by atomic mass is 15.2. The van der Waals surface area contributed by atoms with Gasteiger partial charge in [0.2, 0.25) is 0 Å². The summed E-state index contributed by atoms with van der Waals surface area (Å²) in [6.07, 6.45) is 6.55. The summed E-state index contributed by atoms with van der Waals surface area (Å²) in [5.74, 6) is 0.815. The van der Waals surface area contributed by atoms with Crippen LogP contribution in [0.1, 0.15) is 45.1 Å². The van der Waals surface area contributed by atoms with Crippen molar-refractivity contribution in [3.05, 3.63) is 29.8 Å². The van der Waals surface area contributed by atoms with E-state index in [-0.39, 0.29) is 0 Å². The second-order valence-electron chi connectivity index (χ2n) is 6.30. The van der Waals surface area contributed by atoms with Gasteiger partial charge in [-0.25, -0.2) is 0 Å². The molecular formula is C17H28N2. The summed E-state index contributed by atoms with van der Waals surface area (Å²) < 4.78 is 0. The van der Waals surface area contributed by atoms with Crippen molar-refractivity contribution in [3.63, 3.8) is 0 Å². The summed E-state index contributed by atoms with van der Waals surface area (Å²) in [5.41, 5.74) is 8.08. The zero-order valence-electron chi connectivity index (χ0n) is 12.4. The van der Waals surface area contributed by atoms with Gasteiger partial charge in [-0.2, -0.15) is 0 Å². The summed E-state index contributed by atoms with van der Waals surface area (Å²) in [6.45, 7) is 7.15. The fraction of sp³-hybridized carbons (Fsp3) is 0.647. The lowest BCUT2D eigenvalue weighted by Gasteiger charge is -2.22.